The maximum absolute atomic E-state index is 12.6. The molecule has 0 unspecified atom stereocenters. The van der Waals surface area contributed by atoms with E-state index in [0.29, 0.717) is 11.4 Å². The highest BCUT2D eigenvalue weighted by molar-refractivity contribution is 7.89. The number of hydrogen-bond donors (Lipinski definition) is 0. The summed E-state index contributed by atoms with van der Waals surface area (Å²) in [6.45, 7) is 2.88. The molecular formula is C19H21N3O2S. The molecule has 0 N–H and O–H groups in total. The van der Waals surface area contributed by atoms with Crippen LogP contribution in [0.3, 0.4) is 0 Å². The first-order chi connectivity index (χ1) is 11.9. The fourth-order valence-electron chi connectivity index (χ4n) is 2.58. The number of aromatic nitrogens is 2. The molecule has 0 saturated heterocycles. The lowest BCUT2D eigenvalue weighted by molar-refractivity contribution is 0.466. The van der Waals surface area contributed by atoms with Crippen LogP contribution >= 0.6 is 0 Å². The molecule has 0 radical (unpaired) electrons. The number of aryl methyl sites for hydroxylation is 1. The van der Waals surface area contributed by atoms with E-state index in [1.54, 1.807) is 37.5 Å². The Hall–Kier alpha value is -2.44. The minimum absolute atomic E-state index is 0.283. The predicted molar refractivity (Wildman–Crippen MR) is 97.6 cm³/mol. The van der Waals surface area contributed by atoms with Crippen molar-refractivity contribution < 1.29 is 8.42 Å². The van der Waals surface area contributed by atoms with E-state index in [1.807, 2.05) is 48.1 Å². The molecule has 0 aliphatic heterocycles. The number of hydrogen-bond acceptors (Lipinski definition) is 3. The van der Waals surface area contributed by atoms with Crippen LogP contribution < -0.4 is 0 Å². The molecule has 1 heterocycles. The third-order valence-electron chi connectivity index (χ3n) is 4.01. The van der Waals surface area contributed by atoms with Crippen LogP contribution in [0.4, 0.5) is 0 Å². The van der Waals surface area contributed by atoms with E-state index in [4.69, 9.17) is 0 Å². The summed E-state index contributed by atoms with van der Waals surface area (Å²) >= 11 is 0. The van der Waals surface area contributed by atoms with Crippen molar-refractivity contribution in [2.45, 2.75) is 24.9 Å². The molecule has 0 aliphatic carbocycles. The first kappa shape index (κ1) is 17.4. The fraction of sp³-hybridized carbons (Fsp3) is 0.211. The summed E-state index contributed by atoms with van der Waals surface area (Å²) in [5, 5.41) is 4.33. The summed E-state index contributed by atoms with van der Waals surface area (Å²) in [5.41, 5.74) is 3.04. The highest BCUT2D eigenvalue weighted by atomic mass is 32.2. The SMILES string of the molecule is Cc1ccc(S(=O)(=O)N(C)Cc2cnn(Cc3ccccc3)c2)cc1. The van der Waals surface area contributed by atoms with Gasteiger partial charge >= 0.3 is 0 Å². The minimum Gasteiger partial charge on any atom is -0.268 e. The number of nitrogens with zero attached hydrogens (tertiary/aromatic N) is 3. The van der Waals surface area contributed by atoms with Crippen LogP contribution in [-0.4, -0.2) is 29.6 Å². The molecule has 1 aromatic heterocycles. The maximum atomic E-state index is 12.6. The van der Waals surface area contributed by atoms with E-state index in [9.17, 15) is 8.42 Å². The zero-order valence-electron chi connectivity index (χ0n) is 14.3. The Labute approximate surface area is 148 Å². The second kappa shape index (κ2) is 7.21. The molecule has 0 amide bonds. The van der Waals surface area contributed by atoms with Crippen molar-refractivity contribution in [2.75, 3.05) is 7.05 Å². The molecule has 3 rings (SSSR count). The Morgan fingerprint density at radius 3 is 2.36 bits per heavy atom. The molecule has 0 aliphatic rings. The van der Waals surface area contributed by atoms with Gasteiger partial charge in [-0.15, -0.1) is 0 Å². The Bertz CT molecular complexity index is 932. The molecule has 0 spiro atoms. The van der Waals surface area contributed by atoms with Gasteiger partial charge in [0.15, 0.2) is 0 Å². The number of benzene rings is 2. The van der Waals surface area contributed by atoms with Crippen molar-refractivity contribution in [3.63, 3.8) is 0 Å². The fourth-order valence-corrected chi connectivity index (χ4v) is 3.74. The number of rotatable bonds is 6. The van der Waals surface area contributed by atoms with Gasteiger partial charge in [0.1, 0.15) is 0 Å². The van der Waals surface area contributed by atoms with Gasteiger partial charge in [0.05, 0.1) is 17.6 Å². The summed E-state index contributed by atoms with van der Waals surface area (Å²) in [6.07, 6.45) is 3.60. The predicted octanol–water partition coefficient (Wildman–Crippen LogP) is 3.06. The molecule has 0 bridgehead atoms. The highest BCUT2D eigenvalue weighted by Crippen LogP contribution is 2.17. The first-order valence-corrected chi connectivity index (χ1v) is 9.47. The molecule has 2 aromatic carbocycles. The molecule has 5 nitrogen and oxygen atoms in total. The van der Waals surface area contributed by atoms with E-state index in [2.05, 4.69) is 5.10 Å². The molecule has 25 heavy (non-hydrogen) atoms. The second-order valence-corrected chi connectivity index (χ2v) is 8.15. The summed E-state index contributed by atoms with van der Waals surface area (Å²) in [5.74, 6) is 0. The van der Waals surface area contributed by atoms with Gasteiger partial charge in [0.2, 0.25) is 10.0 Å². The molecular weight excluding hydrogens is 334 g/mol. The molecule has 6 heteroatoms. The molecule has 130 valence electrons. The lowest BCUT2D eigenvalue weighted by atomic mass is 10.2. The van der Waals surface area contributed by atoms with E-state index in [0.717, 1.165) is 16.7 Å². The van der Waals surface area contributed by atoms with Gasteiger partial charge in [-0.2, -0.15) is 9.40 Å². The number of sulfonamides is 1. The smallest absolute Gasteiger partial charge is 0.243 e. The minimum atomic E-state index is -3.51. The lowest BCUT2D eigenvalue weighted by Crippen LogP contribution is -2.26. The van der Waals surface area contributed by atoms with Gasteiger partial charge in [-0.3, -0.25) is 4.68 Å². The highest BCUT2D eigenvalue weighted by Gasteiger charge is 2.21. The summed E-state index contributed by atoms with van der Waals surface area (Å²) in [6, 6.07) is 16.9. The zero-order valence-corrected chi connectivity index (χ0v) is 15.1. The van der Waals surface area contributed by atoms with Gasteiger partial charge < -0.3 is 0 Å². The summed E-state index contributed by atoms with van der Waals surface area (Å²) < 4.78 is 28.5. The van der Waals surface area contributed by atoms with Crippen LogP contribution in [0.2, 0.25) is 0 Å². The van der Waals surface area contributed by atoms with Crippen LogP contribution in [0, 0.1) is 6.92 Å². The Morgan fingerprint density at radius 1 is 1.00 bits per heavy atom. The summed E-state index contributed by atoms with van der Waals surface area (Å²) in [7, 11) is -1.92. The second-order valence-electron chi connectivity index (χ2n) is 6.11. The maximum Gasteiger partial charge on any atom is 0.243 e. The normalized spacial score (nSPS) is 11.8. The zero-order chi connectivity index (χ0) is 17.9. The van der Waals surface area contributed by atoms with Crippen molar-refractivity contribution in [2.24, 2.45) is 0 Å². The Kier molecular flexibility index (Phi) is 5.01. The van der Waals surface area contributed by atoms with Gasteiger partial charge in [-0.25, -0.2) is 8.42 Å². The van der Waals surface area contributed by atoms with Crippen LogP contribution in [0.15, 0.2) is 71.9 Å². The standard InChI is InChI=1S/C19H21N3O2S/c1-16-8-10-19(11-9-16)25(23,24)21(2)13-18-12-20-22(15-18)14-17-6-4-3-5-7-17/h3-12,15H,13-14H2,1-2H3. The van der Waals surface area contributed by atoms with Crippen molar-refractivity contribution in [3.05, 3.63) is 83.7 Å². The van der Waals surface area contributed by atoms with Crippen molar-refractivity contribution in [1.82, 2.24) is 14.1 Å². The average Bonchev–Trinajstić information content (AvgIpc) is 3.03. The molecule has 0 saturated carbocycles. The molecule has 0 atom stereocenters. The summed E-state index contributed by atoms with van der Waals surface area (Å²) in [4.78, 5) is 0.303. The van der Waals surface area contributed by atoms with E-state index >= 15 is 0 Å². The largest absolute Gasteiger partial charge is 0.268 e. The quantitative estimate of drug-likeness (QED) is 0.683. The monoisotopic (exact) mass is 355 g/mol. The van der Waals surface area contributed by atoms with Crippen LogP contribution in [-0.2, 0) is 23.1 Å². The average molecular weight is 355 g/mol. The van der Waals surface area contributed by atoms with Crippen LogP contribution in [0.25, 0.3) is 0 Å². The lowest BCUT2D eigenvalue weighted by Gasteiger charge is -2.16. The van der Waals surface area contributed by atoms with Crippen LogP contribution in [0.5, 0.6) is 0 Å². The Morgan fingerprint density at radius 2 is 1.68 bits per heavy atom. The third kappa shape index (κ3) is 4.15. The van der Waals surface area contributed by atoms with Gasteiger partial charge in [0.25, 0.3) is 0 Å². The third-order valence-corrected chi connectivity index (χ3v) is 5.83. The molecule has 3 aromatic rings. The van der Waals surface area contributed by atoms with Gasteiger partial charge in [0, 0.05) is 25.4 Å². The van der Waals surface area contributed by atoms with E-state index < -0.39 is 10.0 Å². The van der Waals surface area contributed by atoms with Crippen molar-refractivity contribution >= 4 is 10.0 Å². The molecule has 0 fully saturated rings. The van der Waals surface area contributed by atoms with Crippen molar-refractivity contribution in [3.8, 4) is 0 Å². The van der Waals surface area contributed by atoms with E-state index in [1.165, 1.54) is 4.31 Å². The topological polar surface area (TPSA) is 55.2 Å². The van der Waals surface area contributed by atoms with Gasteiger partial charge in [-0.05, 0) is 24.6 Å². The first-order valence-electron chi connectivity index (χ1n) is 8.03. The van der Waals surface area contributed by atoms with Crippen molar-refractivity contribution in [1.29, 1.82) is 0 Å². The Balaban J connectivity index is 1.70. The van der Waals surface area contributed by atoms with E-state index in [-0.39, 0.29) is 6.54 Å². The van der Waals surface area contributed by atoms with Gasteiger partial charge in [-0.1, -0.05) is 48.0 Å². The van der Waals surface area contributed by atoms with Crippen LogP contribution in [0.1, 0.15) is 16.7 Å².